The Kier molecular flexibility index (Phi) is 6.53. The molecule has 0 heterocycles. The molecule has 1 aliphatic rings. The molecule has 0 bridgehead atoms. The van der Waals surface area contributed by atoms with E-state index in [1.807, 2.05) is 0 Å². The molecule has 0 saturated heterocycles. The highest BCUT2D eigenvalue weighted by atomic mass is 14.9. The van der Waals surface area contributed by atoms with Crippen molar-refractivity contribution < 1.29 is 0 Å². The Morgan fingerprint density at radius 3 is 2.36 bits per heavy atom. The van der Waals surface area contributed by atoms with Crippen LogP contribution in [0.5, 0.6) is 0 Å². The molecule has 0 aromatic rings. The van der Waals surface area contributed by atoms with Gasteiger partial charge in [0.05, 0.1) is 0 Å². The zero-order valence-electron chi connectivity index (χ0n) is 9.23. The third-order valence-corrected chi connectivity index (χ3v) is 3.04. The summed E-state index contributed by atoms with van der Waals surface area (Å²) >= 11 is 0. The lowest BCUT2D eigenvalue weighted by molar-refractivity contribution is 0.389. The first-order valence-corrected chi connectivity index (χ1v) is 6.10. The van der Waals surface area contributed by atoms with Crippen LogP contribution in [0.4, 0.5) is 0 Å². The Labute approximate surface area is 88.7 Å². The summed E-state index contributed by atoms with van der Waals surface area (Å²) in [5.74, 6) is 2.69. The van der Waals surface area contributed by atoms with E-state index in [2.05, 4.69) is 11.2 Å². The highest BCUT2D eigenvalue weighted by Crippen LogP contribution is 2.16. The number of rotatable bonds is 4. The van der Waals surface area contributed by atoms with E-state index in [9.17, 15) is 0 Å². The van der Waals surface area contributed by atoms with Crippen molar-refractivity contribution in [2.24, 2.45) is 0 Å². The minimum absolute atomic E-state index is 0.771. The fourth-order valence-corrected chi connectivity index (χ4v) is 2.16. The number of terminal acetylenes is 1. The fourth-order valence-electron chi connectivity index (χ4n) is 2.16. The van der Waals surface area contributed by atoms with E-state index in [0.29, 0.717) is 0 Å². The standard InChI is InChI=1S/C13H23N/c1-2-3-9-12-14-13-10-7-5-4-6-8-11-13/h1,13-14H,3-12H2. The Morgan fingerprint density at radius 1 is 1.07 bits per heavy atom. The molecule has 0 aromatic heterocycles. The zero-order chi connectivity index (χ0) is 10.1. The molecule has 1 heteroatoms. The molecule has 0 amide bonds. The summed E-state index contributed by atoms with van der Waals surface area (Å²) in [6.07, 6.45) is 17.1. The van der Waals surface area contributed by atoms with Crippen LogP contribution in [0.15, 0.2) is 0 Å². The zero-order valence-corrected chi connectivity index (χ0v) is 9.23. The highest BCUT2D eigenvalue weighted by molar-refractivity contribution is 4.83. The lowest BCUT2D eigenvalue weighted by atomic mass is 9.97. The summed E-state index contributed by atoms with van der Waals surface area (Å²) in [5, 5.41) is 3.63. The summed E-state index contributed by atoms with van der Waals surface area (Å²) in [7, 11) is 0. The maximum atomic E-state index is 5.22. The molecule has 14 heavy (non-hydrogen) atoms. The molecule has 0 atom stereocenters. The van der Waals surface area contributed by atoms with Crippen molar-refractivity contribution in [2.75, 3.05) is 6.54 Å². The van der Waals surface area contributed by atoms with Crippen molar-refractivity contribution in [3.05, 3.63) is 0 Å². The molecule has 1 saturated carbocycles. The first-order chi connectivity index (χ1) is 6.93. The van der Waals surface area contributed by atoms with Crippen molar-refractivity contribution in [3.63, 3.8) is 0 Å². The van der Waals surface area contributed by atoms with Crippen LogP contribution < -0.4 is 5.32 Å². The van der Waals surface area contributed by atoms with Gasteiger partial charge in [-0.1, -0.05) is 32.1 Å². The second kappa shape index (κ2) is 7.88. The van der Waals surface area contributed by atoms with Crippen LogP contribution in [0.1, 0.15) is 57.8 Å². The van der Waals surface area contributed by atoms with E-state index in [1.165, 1.54) is 44.9 Å². The molecule has 1 aliphatic carbocycles. The van der Waals surface area contributed by atoms with Crippen molar-refractivity contribution in [1.29, 1.82) is 0 Å². The van der Waals surface area contributed by atoms with Crippen LogP contribution in [0.2, 0.25) is 0 Å². The van der Waals surface area contributed by atoms with E-state index in [4.69, 9.17) is 6.42 Å². The predicted octanol–water partition coefficient (Wildman–Crippen LogP) is 3.10. The molecule has 80 valence electrons. The topological polar surface area (TPSA) is 12.0 Å². The molecule has 0 unspecified atom stereocenters. The van der Waals surface area contributed by atoms with Gasteiger partial charge in [0.2, 0.25) is 0 Å². The van der Waals surface area contributed by atoms with Gasteiger partial charge in [0.15, 0.2) is 0 Å². The van der Waals surface area contributed by atoms with Crippen molar-refractivity contribution in [2.45, 2.75) is 63.8 Å². The molecule has 1 rings (SSSR count). The second-order valence-corrected chi connectivity index (χ2v) is 4.30. The van der Waals surface area contributed by atoms with Gasteiger partial charge in [0, 0.05) is 12.5 Å². The van der Waals surface area contributed by atoms with Crippen LogP contribution in [-0.4, -0.2) is 12.6 Å². The van der Waals surface area contributed by atoms with Crippen molar-refractivity contribution >= 4 is 0 Å². The molecule has 0 spiro atoms. The summed E-state index contributed by atoms with van der Waals surface area (Å²) in [6.45, 7) is 1.11. The third kappa shape index (κ3) is 5.29. The number of unbranched alkanes of at least 4 members (excludes halogenated alkanes) is 1. The maximum Gasteiger partial charge on any atom is 0.00981 e. The quantitative estimate of drug-likeness (QED) is 0.534. The monoisotopic (exact) mass is 193 g/mol. The van der Waals surface area contributed by atoms with Crippen molar-refractivity contribution in [3.8, 4) is 12.3 Å². The first kappa shape index (κ1) is 11.6. The van der Waals surface area contributed by atoms with Gasteiger partial charge in [-0.2, -0.15) is 0 Å². The van der Waals surface area contributed by atoms with E-state index in [-0.39, 0.29) is 0 Å². The molecule has 1 nitrogen and oxygen atoms in total. The minimum atomic E-state index is 0.771. The summed E-state index contributed by atoms with van der Waals surface area (Å²) in [5.41, 5.74) is 0. The average molecular weight is 193 g/mol. The largest absolute Gasteiger partial charge is 0.314 e. The van der Waals surface area contributed by atoms with Crippen LogP contribution in [-0.2, 0) is 0 Å². The Hall–Kier alpha value is -0.480. The fraction of sp³-hybridized carbons (Fsp3) is 0.846. The lowest BCUT2D eigenvalue weighted by Gasteiger charge is -2.20. The average Bonchev–Trinajstić information content (AvgIpc) is 2.15. The van der Waals surface area contributed by atoms with E-state index in [1.54, 1.807) is 0 Å². The summed E-state index contributed by atoms with van der Waals surface area (Å²) in [4.78, 5) is 0. The lowest BCUT2D eigenvalue weighted by Crippen LogP contribution is -2.30. The van der Waals surface area contributed by atoms with Gasteiger partial charge in [0.25, 0.3) is 0 Å². The van der Waals surface area contributed by atoms with Crippen molar-refractivity contribution in [1.82, 2.24) is 5.32 Å². The summed E-state index contributed by atoms with van der Waals surface area (Å²) in [6, 6.07) is 0.771. The molecule has 0 aliphatic heterocycles. The Bertz CT molecular complexity index is 161. The molecular weight excluding hydrogens is 170 g/mol. The molecule has 1 N–H and O–H groups in total. The highest BCUT2D eigenvalue weighted by Gasteiger charge is 2.09. The normalized spacial score (nSPS) is 19.6. The number of hydrogen-bond donors (Lipinski definition) is 1. The molecule has 0 radical (unpaired) electrons. The van der Waals surface area contributed by atoms with Crippen LogP contribution in [0, 0.1) is 12.3 Å². The second-order valence-electron chi connectivity index (χ2n) is 4.30. The van der Waals surface area contributed by atoms with Gasteiger partial charge in [0.1, 0.15) is 0 Å². The molecule has 0 aromatic carbocycles. The summed E-state index contributed by atoms with van der Waals surface area (Å²) < 4.78 is 0. The van der Waals surface area contributed by atoms with Gasteiger partial charge >= 0.3 is 0 Å². The SMILES string of the molecule is C#CCCCNC1CCCCCCC1. The van der Waals surface area contributed by atoms with Crippen LogP contribution in [0.3, 0.4) is 0 Å². The van der Waals surface area contributed by atoms with E-state index < -0.39 is 0 Å². The first-order valence-electron chi connectivity index (χ1n) is 6.10. The smallest absolute Gasteiger partial charge is 0.00981 e. The van der Waals surface area contributed by atoms with Crippen LogP contribution >= 0.6 is 0 Å². The maximum absolute atomic E-state index is 5.22. The Morgan fingerprint density at radius 2 is 1.71 bits per heavy atom. The third-order valence-electron chi connectivity index (χ3n) is 3.04. The van der Waals surface area contributed by atoms with Crippen LogP contribution in [0.25, 0.3) is 0 Å². The Balaban J connectivity index is 2.05. The van der Waals surface area contributed by atoms with Gasteiger partial charge in [-0.3, -0.25) is 0 Å². The van der Waals surface area contributed by atoms with E-state index in [0.717, 1.165) is 25.4 Å². The van der Waals surface area contributed by atoms with E-state index >= 15 is 0 Å². The molecule has 1 fully saturated rings. The van der Waals surface area contributed by atoms with Gasteiger partial charge in [-0.25, -0.2) is 0 Å². The minimum Gasteiger partial charge on any atom is -0.314 e. The number of hydrogen-bond acceptors (Lipinski definition) is 1. The van der Waals surface area contributed by atoms with Gasteiger partial charge < -0.3 is 5.32 Å². The van der Waals surface area contributed by atoms with Gasteiger partial charge in [-0.15, -0.1) is 12.3 Å². The predicted molar refractivity (Wildman–Crippen MR) is 62.2 cm³/mol. The molecular formula is C13H23N. The number of nitrogens with one attached hydrogen (secondary N) is 1. The van der Waals surface area contributed by atoms with Gasteiger partial charge in [-0.05, 0) is 25.8 Å².